The molecule has 4 unspecified atom stereocenters. The van der Waals surface area contributed by atoms with E-state index in [-0.39, 0.29) is 18.8 Å². The fraction of sp³-hybridized carbons (Fsp3) is 0.440. The van der Waals surface area contributed by atoms with Crippen LogP contribution >= 0.6 is 11.6 Å². The lowest BCUT2D eigenvalue weighted by molar-refractivity contribution is -0.114. The number of rotatable bonds is 5. The van der Waals surface area contributed by atoms with Crippen molar-refractivity contribution in [3.63, 3.8) is 0 Å². The summed E-state index contributed by atoms with van der Waals surface area (Å²) in [7, 11) is 0. The van der Waals surface area contributed by atoms with Crippen molar-refractivity contribution in [3.8, 4) is 18.1 Å². The molecule has 2 heterocycles. The summed E-state index contributed by atoms with van der Waals surface area (Å²) in [5.74, 6) is 3.07. The Kier molecular flexibility index (Phi) is 6.30. The number of terminal acetylenes is 1. The molecule has 0 aromatic heterocycles. The van der Waals surface area contributed by atoms with Crippen LogP contribution in [-0.4, -0.2) is 40.7 Å². The van der Waals surface area contributed by atoms with Crippen molar-refractivity contribution in [2.24, 2.45) is 0 Å². The van der Waals surface area contributed by atoms with Crippen molar-refractivity contribution in [1.82, 2.24) is 0 Å². The molecular formula is C25H27ClO5. The fourth-order valence-electron chi connectivity index (χ4n) is 4.39. The quantitative estimate of drug-likeness (QED) is 0.619. The van der Waals surface area contributed by atoms with Gasteiger partial charge in [0.05, 0.1) is 36.5 Å². The third kappa shape index (κ3) is 4.45. The Bertz CT molecular complexity index is 992. The van der Waals surface area contributed by atoms with Crippen LogP contribution in [0.1, 0.15) is 53.7 Å². The largest absolute Gasteiger partial charge is 0.491 e. The normalized spacial score (nSPS) is 24.7. The lowest BCUT2D eigenvalue weighted by atomic mass is 9.89. The zero-order valence-electron chi connectivity index (χ0n) is 17.5. The maximum Gasteiger partial charge on any atom is 0.147 e. The van der Waals surface area contributed by atoms with Crippen LogP contribution in [-0.2, 0) is 23.2 Å². The zero-order valence-corrected chi connectivity index (χ0v) is 18.2. The van der Waals surface area contributed by atoms with Gasteiger partial charge in [-0.15, -0.1) is 6.42 Å². The van der Waals surface area contributed by atoms with Crippen LogP contribution in [0.2, 0.25) is 5.02 Å². The van der Waals surface area contributed by atoms with Crippen molar-refractivity contribution < 1.29 is 24.8 Å². The summed E-state index contributed by atoms with van der Waals surface area (Å²) < 4.78 is 11.9. The average Bonchev–Trinajstić information content (AvgIpc) is 3.26. The minimum absolute atomic E-state index is 0.125. The Morgan fingerprint density at radius 3 is 2.68 bits per heavy atom. The number of ether oxygens (including phenoxy) is 2. The highest BCUT2D eigenvalue weighted by molar-refractivity contribution is 6.33. The molecule has 31 heavy (non-hydrogen) atoms. The molecule has 0 amide bonds. The Morgan fingerprint density at radius 2 is 2.00 bits per heavy atom. The minimum Gasteiger partial charge on any atom is -0.491 e. The molecular weight excluding hydrogens is 416 g/mol. The molecule has 1 saturated heterocycles. The molecule has 1 fully saturated rings. The first kappa shape index (κ1) is 22.1. The standard InChI is InChI=1S/C25H27ClO5/c1-3-25(2,29)17-6-4-15(5-7-17)10-16-11-21(20-8-9-30-24(20)23(16)26)22-13-18(28)12-19(14-27)31-22/h1,4-7,11,18-19,22,27-29H,8-10,12-14H2,2H3. The van der Waals surface area contributed by atoms with Crippen molar-refractivity contribution in [2.75, 3.05) is 13.2 Å². The first-order valence-corrected chi connectivity index (χ1v) is 10.9. The van der Waals surface area contributed by atoms with Gasteiger partial charge in [-0.3, -0.25) is 0 Å². The third-order valence-corrected chi connectivity index (χ3v) is 6.57. The fourth-order valence-corrected chi connectivity index (χ4v) is 4.68. The van der Waals surface area contributed by atoms with E-state index in [2.05, 4.69) is 5.92 Å². The molecule has 3 N–H and O–H groups in total. The van der Waals surface area contributed by atoms with Crippen LogP contribution < -0.4 is 4.74 Å². The molecule has 4 atom stereocenters. The van der Waals surface area contributed by atoms with Gasteiger partial charge in [0.25, 0.3) is 0 Å². The van der Waals surface area contributed by atoms with Gasteiger partial charge in [0.2, 0.25) is 0 Å². The van der Waals surface area contributed by atoms with Gasteiger partial charge in [0.1, 0.15) is 11.4 Å². The van der Waals surface area contributed by atoms with Crippen LogP contribution in [0.4, 0.5) is 0 Å². The molecule has 0 radical (unpaired) electrons. The summed E-state index contributed by atoms with van der Waals surface area (Å²) in [6.45, 7) is 2.02. The van der Waals surface area contributed by atoms with E-state index in [0.29, 0.717) is 42.2 Å². The van der Waals surface area contributed by atoms with Crippen molar-refractivity contribution >= 4 is 11.6 Å². The number of hydrogen-bond acceptors (Lipinski definition) is 5. The molecule has 4 rings (SSSR count). The highest BCUT2D eigenvalue weighted by Gasteiger charge is 2.33. The van der Waals surface area contributed by atoms with Gasteiger partial charge in [-0.25, -0.2) is 0 Å². The van der Waals surface area contributed by atoms with E-state index < -0.39 is 11.7 Å². The summed E-state index contributed by atoms with van der Waals surface area (Å²) in [5.41, 5.74) is 3.24. The molecule has 164 valence electrons. The second-order valence-electron chi connectivity index (χ2n) is 8.49. The third-order valence-electron chi connectivity index (χ3n) is 6.15. The monoisotopic (exact) mass is 442 g/mol. The molecule has 0 aliphatic carbocycles. The number of benzene rings is 2. The molecule has 0 bridgehead atoms. The number of halogens is 1. The highest BCUT2D eigenvalue weighted by atomic mass is 35.5. The molecule has 2 aromatic carbocycles. The van der Waals surface area contributed by atoms with Gasteiger partial charge in [-0.05, 0) is 35.6 Å². The summed E-state index contributed by atoms with van der Waals surface area (Å²) in [6.07, 6.45) is 6.39. The number of fused-ring (bicyclic) bond motifs is 1. The van der Waals surface area contributed by atoms with Gasteiger partial charge in [-0.1, -0.05) is 47.9 Å². The van der Waals surface area contributed by atoms with E-state index in [4.69, 9.17) is 27.5 Å². The van der Waals surface area contributed by atoms with Gasteiger partial charge in [0.15, 0.2) is 0 Å². The summed E-state index contributed by atoms with van der Waals surface area (Å²) >= 11 is 6.70. The SMILES string of the molecule is C#CC(C)(O)c1ccc(Cc2cc(C3CC(O)CC(CO)O3)c3c(c2Cl)OCC3)cc1. The summed E-state index contributed by atoms with van der Waals surface area (Å²) in [6, 6.07) is 9.53. The van der Waals surface area contributed by atoms with Crippen LogP contribution in [0, 0.1) is 12.3 Å². The minimum atomic E-state index is -1.31. The molecule has 5 nitrogen and oxygen atoms in total. The number of hydrogen-bond donors (Lipinski definition) is 3. The van der Waals surface area contributed by atoms with E-state index in [1.54, 1.807) is 6.92 Å². The second-order valence-corrected chi connectivity index (χ2v) is 8.87. The van der Waals surface area contributed by atoms with Gasteiger partial charge in [-0.2, -0.15) is 0 Å². The lowest BCUT2D eigenvalue weighted by Gasteiger charge is -2.33. The molecule has 6 heteroatoms. The molecule has 2 aromatic rings. The Labute approximate surface area is 187 Å². The van der Waals surface area contributed by atoms with Crippen LogP contribution in [0.25, 0.3) is 0 Å². The molecule has 0 spiro atoms. The smallest absolute Gasteiger partial charge is 0.147 e. The van der Waals surface area contributed by atoms with Crippen molar-refractivity contribution in [1.29, 1.82) is 0 Å². The number of aliphatic hydroxyl groups excluding tert-OH is 2. The Hall–Kier alpha value is -2.07. The predicted molar refractivity (Wildman–Crippen MR) is 118 cm³/mol. The molecule has 0 saturated carbocycles. The topological polar surface area (TPSA) is 79.2 Å². The van der Waals surface area contributed by atoms with Gasteiger partial charge in [0, 0.05) is 24.8 Å². The second kappa shape index (κ2) is 8.82. The van der Waals surface area contributed by atoms with E-state index in [9.17, 15) is 15.3 Å². The summed E-state index contributed by atoms with van der Waals surface area (Å²) in [5, 5.41) is 30.7. The first-order valence-electron chi connectivity index (χ1n) is 10.5. The van der Waals surface area contributed by atoms with Crippen molar-refractivity contribution in [2.45, 2.75) is 56.5 Å². The van der Waals surface area contributed by atoms with Crippen LogP contribution in [0.15, 0.2) is 30.3 Å². The maximum absolute atomic E-state index is 10.3. The zero-order chi connectivity index (χ0) is 22.2. The molecule has 2 aliphatic rings. The van der Waals surface area contributed by atoms with Crippen molar-refractivity contribution in [3.05, 3.63) is 63.2 Å². The summed E-state index contributed by atoms with van der Waals surface area (Å²) in [4.78, 5) is 0. The Balaban J connectivity index is 1.66. The predicted octanol–water partition coefficient (Wildman–Crippen LogP) is 3.28. The van der Waals surface area contributed by atoms with Gasteiger partial charge >= 0.3 is 0 Å². The van der Waals surface area contributed by atoms with Crippen LogP contribution in [0.3, 0.4) is 0 Å². The first-order chi connectivity index (χ1) is 14.8. The highest BCUT2D eigenvalue weighted by Crippen LogP contribution is 2.44. The van der Waals surface area contributed by atoms with Crippen LogP contribution in [0.5, 0.6) is 5.75 Å². The van der Waals surface area contributed by atoms with E-state index in [0.717, 1.165) is 28.7 Å². The van der Waals surface area contributed by atoms with E-state index in [1.165, 1.54) is 0 Å². The maximum atomic E-state index is 10.3. The number of aliphatic hydroxyl groups is 3. The Morgan fingerprint density at radius 1 is 1.26 bits per heavy atom. The van der Waals surface area contributed by atoms with E-state index in [1.807, 2.05) is 30.3 Å². The lowest BCUT2D eigenvalue weighted by Crippen LogP contribution is -2.33. The molecule has 2 aliphatic heterocycles. The van der Waals surface area contributed by atoms with Gasteiger partial charge < -0.3 is 24.8 Å². The average molecular weight is 443 g/mol. The van der Waals surface area contributed by atoms with E-state index >= 15 is 0 Å².